The second kappa shape index (κ2) is 25.1. The highest BCUT2D eigenvalue weighted by molar-refractivity contribution is 6.23. The maximum atomic E-state index is 15.3. The van der Waals surface area contributed by atoms with Gasteiger partial charge in [0.2, 0.25) is 5.91 Å². The number of halogens is 1. The van der Waals surface area contributed by atoms with Gasteiger partial charge in [0.25, 0.3) is 11.8 Å². The molecule has 4 heterocycles. The van der Waals surface area contributed by atoms with Gasteiger partial charge in [-0.25, -0.2) is 4.39 Å². The van der Waals surface area contributed by atoms with Gasteiger partial charge in [0.1, 0.15) is 29.2 Å². The SMILES string of the molecule is C=C1CCC(N2C(=O)c3cc(F)c(N4CCN(CC5CCN(C(=N)/C=C\C(N)=C(/C)O)CC5)CC4)cc3C2=O)C(=O)N1.CC.CC.CC1CCCCC1.Cc1ccc(O)cc1C. The fourth-order valence-corrected chi connectivity index (χ4v) is 8.12. The van der Waals surface area contributed by atoms with E-state index >= 15 is 4.39 Å². The van der Waals surface area contributed by atoms with Crippen LogP contribution in [0.25, 0.3) is 0 Å². The number of phenolic OH excluding ortho intramolecular Hbond substituents is 1. The Kier molecular flexibility index (Phi) is 20.7. The predicted octanol–water partition coefficient (Wildman–Crippen LogP) is 8.98. The molecule has 2 aromatic carbocycles. The van der Waals surface area contributed by atoms with Crippen molar-refractivity contribution in [3.05, 3.63) is 94.3 Å². The molecular weight excluding hydrogens is 786 g/mol. The number of nitrogens with zero attached hydrogens (tertiary/aromatic N) is 4. The molecule has 0 aromatic heterocycles. The van der Waals surface area contributed by atoms with Crippen LogP contribution in [-0.2, 0) is 4.79 Å². The van der Waals surface area contributed by atoms with Crippen molar-refractivity contribution in [2.45, 2.75) is 119 Å². The number of imide groups is 1. The van der Waals surface area contributed by atoms with Crippen LogP contribution >= 0.6 is 0 Å². The van der Waals surface area contributed by atoms with Crippen molar-refractivity contribution in [1.29, 1.82) is 5.41 Å². The monoisotopic (exact) mass is 860 g/mol. The summed E-state index contributed by atoms with van der Waals surface area (Å²) in [5.41, 5.74) is 9.27. The van der Waals surface area contributed by atoms with Gasteiger partial charge in [-0.15, -0.1) is 0 Å². The average Bonchev–Trinajstić information content (AvgIpc) is 3.50. The normalized spacial score (nSPS) is 20.0. The summed E-state index contributed by atoms with van der Waals surface area (Å²) in [6.07, 6.45) is 13.3. The first kappa shape index (κ1) is 51.2. The molecule has 1 aliphatic carbocycles. The number of amides is 3. The van der Waals surface area contributed by atoms with Crippen LogP contribution in [-0.4, -0.2) is 100 Å². The number of aliphatic hydroxyl groups excluding tert-OH is 1. The number of aliphatic hydroxyl groups is 1. The van der Waals surface area contributed by atoms with Crippen molar-refractivity contribution in [1.82, 2.24) is 20.0 Å². The Hall–Kier alpha value is -5.17. The van der Waals surface area contributed by atoms with Gasteiger partial charge in [-0.2, -0.15) is 0 Å². The van der Waals surface area contributed by atoms with Crippen LogP contribution in [0.1, 0.15) is 131 Å². The number of amidine groups is 1. The molecule has 0 radical (unpaired) electrons. The molecule has 342 valence electrons. The number of likely N-dealkylation sites (tertiary alicyclic amines) is 1. The zero-order chi connectivity index (χ0) is 46.1. The average molecular weight is 860 g/mol. The molecule has 0 bridgehead atoms. The zero-order valence-electron chi connectivity index (χ0n) is 38.7. The molecule has 6 N–H and O–H groups in total. The summed E-state index contributed by atoms with van der Waals surface area (Å²) < 4.78 is 15.3. The number of anilines is 1. The summed E-state index contributed by atoms with van der Waals surface area (Å²) in [4.78, 5) is 46.0. The van der Waals surface area contributed by atoms with E-state index in [2.05, 4.69) is 23.7 Å². The summed E-state index contributed by atoms with van der Waals surface area (Å²) >= 11 is 0. The summed E-state index contributed by atoms with van der Waals surface area (Å²) in [7, 11) is 0. The van der Waals surface area contributed by atoms with E-state index in [9.17, 15) is 19.5 Å². The first-order valence-electron chi connectivity index (χ1n) is 22.7. The maximum Gasteiger partial charge on any atom is 0.262 e. The Morgan fingerprint density at radius 3 is 1.98 bits per heavy atom. The number of nitrogens with one attached hydrogen (secondary N) is 2. The van der Waals surface area contributed by atoms with E-state index in [0.29, 0.717) is 54.8 Å². The number of benzene rings is 2. The molecule has 13 heteroatoms. The summed E-state index contributed by atoms with van der Waals surface area (Å²) in [6.45, 7) is 24.7. The highest BCUT2D eigenvalue weighted by atomic mass is 19.1. The minimum Gasteiger partial charge on any atom is -0.510 e. The highest BCUT2D eigenvalue weighted by Crippen LogP contribution is 2.34. The lowest BCUT2D eigenvalue weighted by Gasteiger charge is -2.40. The molecule has 7 rings (SSSR count). The van der Waals surface area contributed by atoms with E-state index in [0.717, 1.165) is 68.0 Å². The van der Waals surface area contributed by atoms with E-state index in [1.54, 1.807) is 24.3 Å². The van der Waals surface area contributed by atoms with Gasteiger partial charge in [0.05, 0.1) is 22.5 Å². The number of aromatic hydroxyl groups is 1. The number of fused-ring (bicyclic) bond motifs is 1. The number of allylic oxidation sites excluding steroid dienone is 3. The topological polar surface area (TPSA) is 167 Å². The predicted molar refractivity (Wildman–Crippen MR) is 249 cm³/mol. The summed E-state index contributed by atoms with van der Waals surface area (Å²) in [5.74, 6) is 0.0676. The fraction of sp³-hybridized carbons (Fsp3) is 0.551. The van der Waals surface area contributed by atoms with Gasteiger partial charge in [-0.3, -0.25) is 29.6 Å². The van der Waals surface area contributed by atoms with E-state index in [-0.39, 0.29) is 22.6 Å². The summed E-state index contributed by atoms with van der Waals surface area (Å²) in [6, 6.07) is 7.03. The molecule has 1 saturated carbocycles. The number of piperidine rings is 2. The Bertz CT molecular complexity index is 1900. The molecule has 3 amide bonds. The number of rotatable bonds is 6. The van der Waals surface area contributed by atoms with E-state index in [4.69, 9.17) is 16.2 Å². The molecule has 1 atom stereocenters. The zero-order valence-corrected chi connectivity index (χ0v) is 38.7. The highest BCUT2D eigenvalue weighted by Gasteiger charge is 2.45. The summed E-state index contributed by atoms with van der Waals surface area (Å²) in [5, 5.41) is 29.2. The smallest absolute Gasteiger partial charge is 0.262 e. The fourth-order valence-electron chi connectivity index (χ4n) is 8.12. The molecule has 4 fully saturated rings. The van der Waals surface area contributed by atoms with Crippen LogP contribution in [0.15, 0.2) is 66.2 Å². The lowest BCUT2D eigenvalue weighted by Crippen LogP contribution is -2.51. The molecular formula is C49H74FN7O5. The van der Waals surface area contributed by atoms with Crippen molar-refractivity contribution in [2.75, 3.05) is 50.7 Å². The first-order chi connectivity index (χ1) is 29.6. The maximum absolute atomic E-state index is 15.3. The molecule has 2 aromatic rings. The molecule has 4 aliphatic heterocycles. The van der Waals surface area contributed by atoms with E-state index in [1.807, 2.05) is 57.4 Å². The minimum absolute atomic E-state index is 0.00422. The second-order valence-corrected chi connectivity index (χ2v) is 16.5. The van der Waals surface area contributed by atoms with Crippen LogP contribution in [0.2, 0.25) is 0 Å². The molecule has 62 heavy (non-hydrogen) atoms. The van der Waals surface area contributed by atoms with Crippen LogP contribution in [0.3, 0.4) is 0 Å². The Morgan fingerprint density at radius 2 is 1.47 bits per heavy atom. The third-order valence-electron chi connectivity index (χ3n) is 12.0. The van der Waals surface area contributed by atoms with Gasteiger partial charge in [-0.1, -0.05) is 79.4 Å². The quantitative estimate of drug-likeness (QED) is 0.0627. The molecule has 5 aliphatic rings. The second-order valence-electron chi connectivity index (χ2n) is 16.5. The molecule has 3 saturated heterocycles. The van der Waals surface area contributed by atoms with Crippen LogP contribution in [0.5, 0.6) is 5.75 Å². The largest absolute Gasteiger partial charge is 0.510 e. The minimum atomic E-state index is -0.932. The van der Waals surface area contributed by atoms with Gasteiger partial charge in [-0.05, 0) is 106 Å². The molecule has 12 nitrogen and oxygen atoms in total. The first-order valence-corrected chi connectivity index (χ1v) is 22.7. The van der Waals surface area contributed by atoms with Crippen molar-refractivity contribution >= 4 is 29.2 Å². The van der Waals surface area contributed by atoms with Crippen molar-refractivity contribution in [2.24, 2.45) is 17.6 Å². The number of nitrogens with two attached hydrogens (primary N) is 1. The van der Waals surface area contributed by atoms with Crippen LogP contribution in [0, 0.1) is 36.9 Å². The number of piperazine rings is 1. The molecule has 1 unspecified atom stereocenters. The Morgan fingerprint density at radius 1 is 0.871 bits per heavy atom. The Balaban J connectivity index is 0.000000421. The standard InChI is InChI=1S/C30H38FN7O4.C8H10O.C7H14.2C2H6/c1-18-3-5-25(28(40)34-18)38-29(41)21-15-23(31)26(16-22(21)30(38)42)36-13-11-35(12-14-36)17-20-7-9-37(10-8-20)27(33)6-4-24(32)19(2)39;1-6-3-4-8(9)5-7(6)2;1-7-5-3-2-4-6-7;2*1-2/h4,6,15-16,20,25,33,39H,1,3,5,7-14,17,32H2,2H3,(H,34,40);3-5,9H,1-2H3;7H,2-6H2,1H3;2*1-2H3/b6-4-,24-19-,33-27?;;;;. The van der Waals surface area contributed by atoms with Gasteiger partial charge in [0, 0.05) is 51.5 Å². The molecule has 0 spiro atoms. The lowest BCUT2D eigenvalue weighted by molar-refractivity contribution is -0.125. The van der Waals surface area contributed by atoms with Gasteiger partial charge >= 0.3 is 0 Å². The van der Waals surface area contributed by atoms with E-state index < -0.39 is 29.6 Å². The van der Waals surface area contributed by atoms with Crippen LogP contribution < -0.4 is 16.0 Å². The van der Waals surface area contributed by atoms with Crippen molar-refractivity contribution < 1.29 is 29.0 Å². The Labute approximate surface area is 370 Å². The van der Waals surface area contributed by atoms with Crippen molar-refractivity contribution in [3.63, 3.8) is 0 Å². The third kappa shape index (κ3) is 14.2. The lowest BCUT2D eigenvalue weighted by atomic mass is 9.91. The third-order valence-corrected chi connectivity index (χ3v) is 12.0. The number of carbonyl (C=O) groups is 3. The van der Waals surface area contributed by atoms with Gasteiger partial charge < -0.3 is 31.1 Å². The van der Waals surface area contributed by atoms with Crippen molar-refractivity contribution in [3.8, 4) is 5.75 Å². The number of phenols is 1. The van der Waals surface area contributed by atoms with Crippen LogP contribution in [0.4, 0.5) is 10.1 Å². The number of hydrogen-bond donors (Lipinski definition) is 5. The number of carbonyl (C=O) groups excluding carboxylic acids is 3. The van der Waals surface area contributed by atoms with E-state index in [1.165, 1.54) is 50.7 Å². The number of hydrogen-bond acceptors (Lipinski definition) is 9. The number of aryl methyl sites for hydroxylation is 2. The van der Waals surface area contributed by atoms with Gasteiger partial charge in [0.15, 0.2) is 0 Å².